The van der Waals surface area contributed by atoms with Crippen molar-refractivity contribution in [2.45, 2.75) is 19.9 Å². The van der Waals surface area contributed by atoms with E-state index in [-0.39, 0.29) is 11.3 Å². The molecule has 3 rings (SSSR count). The van der Waals surface area contributed by atoms with E-state index in [4.69, 9.17) is 9.47 Å². The number of halogens is 1. The average molecular weight is 315 g/mol. The summed E-state index contributed by atoms with van der Waals surface area (Å²) in [5.74, 6) is 0.595. The molecule has 4 nitrogen and oxygen atoms in total. The number of rotatable bonds is 4. The number of nitrogens with one attached hydrogen (secondary N) is 1. The van der Waals surface area contributed by atoms with Crippen LogP contribution in [0.4, 0.5) is 10.1 Å². The summed E-state index contributed by atoms with van der Waals surface area (Å²) in [7, 11) is 0. The molecule has 0 atom stereocenters. The molecule has 2 aromatic rings. The fourth-order valence-corrected chi connectivity index (χ4v) is 2.61. The standard InChI is InChI=1S/C18H18FNO3/c1-12(21)17-14(19)6-3-7-15(17)20-11-13-5-2-8-16-18(13)23-10-4-9-22-16/h2-3,5-8,20H,4,9-11H2,1H3. The molecule has 0 unspecified atom stereocenters. The Hall–Kier alpha value is -2.56. The maximum absolute atomic E-state index is 13.8. The van der Waals surface area contributed by atoms with Crippen LogP contribution in [0.5, 0.6) is 11.5 Å². The lowest BCUT2D eigenvalue weighted by molar-refractivity contribution is 0.101. The average Bonchev–Trinajstić information content (AvgIpc) is 2.78. The number of hydrogen-bond donors (Lipinski definition) is 1. The predicted molar refractivity (Wildman–Crippen MR) is 85.8 cm³/mol. The fourth-order valence-electron chi connectivity index (χ4n) is 2.61. The van der Waals surface area contributed by atoms with Crippen LogP contribution in [0.25, 0.3) is 0 Å². The highest BCUT2D eigenvalue weighted by Gasteiger charge is 2.16. The SMILES string of the molecule is CC(=O)c1c(F)cccc1NCc1cccc2c1OCCCO2. The van der Waals surface area contributed by atoms with Gasteiger partial charge >= 0.3 is 0 Å². The van der Waals surface area contributed by atoms with Gasteiger partial charge in [-0.25, -0.2) is 4.39 Å². The Kier molecular flexibility index (Phi) is 4.46. The molecule has 120 valence electrons. The van der Waals surface area contributed by atoms with Crippen LogP contribution >= 0.6 is 0 Å². The van der Waals surface area contributed by atoms with Crippen LogP contribution in [0.2, 0.25) is 0 Å². The fraction of sp³-hybridized carbons (Fsp3) is 0.278. The van der Waals surface area contributed by atoms with Gasteiger partial charge in [-0.3, -0.25) is 4.79 Å². The van der Waals surface area contributed by atoms with Crippen molar-refractivity contribution < 1.29 is 18.7 Å². The predicted octanol–water partition coefficient (Wildman–Crippen LogP) is 3.80. The van der Waals surface area contributed by atoms with E-state index in [1.165, 1.54) is 13.0 Å². The second-order valence-electron chi connectivity index (χ2n) is 5.37. The lowest BCUT2D eigenvalue weighted by atomic mass is 10.1. The topological polar surface area (TPSA) is 47.6 Å². The van der Waals surface area contributed by atoms with Crippen molar-refractivity contribution in [2.24, 2.45) is 0 Å². The maximum atomic E-state index is 13.8. The molecule has 0 bridgehead atoms. The third kappa shape index (κ3) is 3.28. The van der Waals surface area contributed by atoms with Crippen molar-refractivity contribution in [2.75, 3.05) is 18.5 Å². The van der Waals surface area contributed by atoms with Gasteiger partial charge in [-0.15, -0.1) is 0 Å². The van der Waals surface area contributed by atoms with Gasteiger partial charge in [0.1, 0.15) is 5.82 Å². The summed E-state index contributed by atoms with van der Waals surface area (Å²) in [6.45, 7) is 3.00. The third-order valence-corrected chi connectivity index (χ3v) is 3.69. The summed E-state index contributed by atoms with van der Waals surface area (Å²) < 4.78 is 25.3. The first-order valence-corrected chi connectivity index (χ1v) is 7.57. The number of ketones is 1. The van der Waals surface area contributed by atoms with Crippen molar-refractivity contribution >= 4 is 11.5 Å². The van der Waals surface area contributed by atoms with Gasteiger partial charge in [0.15, 0.2) is 17.3 Å². The van der Waals surface area contributed by atoms with Gasteiger partial charge in [0.25, 0.3) is 0 Å². The Morgan fingerprint density at radius 1 is 1.17 bits per heavy atom. The van der Waals surface area contributed by atoms with Crippen LogP contribution in [0.1, 0.15) is 29.3 Å². The highest BCUT2D eigenvalue weighted by molar-refractivity contribution is 5.99. The number of benzene rings is 2. The highest BCUT2D eigenvalue weighted by atomic mass is 19.1. The second kappa shape index (κ2) is 6.69. The molecule has 1 N–H and O–H groups in total. The molecular weight excluding hydrogens is 297 g/mol. The van der Waals surface area contributed by atoms with E-state index in [0.717, 1.165) is 12.0 Å². The lowest BCUT2D eigenvalue weighted by Gasteiger charge is -2.15. The van der Waals surface area contributed by atoms with Crippen LogP contribution in [0, 0.1) is 5.82 Å². The number of anilines is 1. The molecule has 0 aliphatic carbocycles. The Bertz CT molecular complexity index is 730. The van der Waals surface area contributed by atoms with Crippen LogP contribution < -0.4 is 14.8 Å². The number of para-hydroxylation sites is 1. The van der Waals surface area contributed by atoms with Crippen molar-refractivity contribution in [3.63, 3.8) is 0 Å². The van der Waals surface area contributed by atoms with Crippen molar-refractivity contribution in [3.8, 4) is 11.5 Å². The molecule has 0 fully saturated rings. The number of fused-ring (bicyclic) bond motifs is 1. The first-order valence-electron chi connectivity index (χ1n) is 7.57. The molecule has 0 saturated heterocycles. The normalized spacial score (nSPS) is 13.3. The van der Waals surface area contributed by atoms with Crippen molar-refractivity contribution in [1.82, 2.24) is 0 Å². The van der Waals surface area contributed by atoms with Gasteiger partial charge in [0.2, 0.25) is 0 Å². The minimum absolute atomic E-state index is 0.0756. The molecule has 0 amide bonds. The van der Waals surface area contributed by atoms with Crippen molar-refractivity contribution in [3.05, 3.63) is 53.3 Å². The number of ether oxygens (including phenoxy) is 2. The number of carbonyl (C=O) groups is 1. The van der Waals surface area contributed by atoms with Crippen LogP contribution in [-0.2, 0) is 6.54 Å². The summed E-state index contributed by atoms with van der Waals surface area (Å²) in [6.07, 6.45) is 0.833. The largest absolute Gasteiger partial charge is 0.490 e. The van der Waals surface area contributed by atoms with E-state index in [9.17, 15) is 9.18 Å². The second-order valence-corrected chi connectivity index (χ2v) is 5.37. The zero-order valence-corrected chi connectivity index (χ0v) is 12.9. The summed E-state index contributed by atoms with van der Waals surface area (Å²) >= 11 is 0. The highest BCUT2D eigenvalue weighted by Crippen LogP contribution is 2.34. The molecule has 0 radical (unpaired) electrons. The Labute approximate surface area is 134 Å². The van der Waals surface area contributed by atoms with E-state index in [1.807, 2.05) is 18.2 Å². The van der Waals surface area contributed by atoms with Crippen LogP contribution in [-0.4, -0.2) is 19.0 Å². The molecule has 1 heterocycles. The van der Waals surface area contributed by atoms with E-state index in [1.54, 1.807) is 12.1 Å². The van der Waals surface area contributed by atoms with E-state index in [2.05, 4.69) is 5.32 Å². The third-order valence-electron chi connectivity index (χ3n) is 3.69. The van der Waals surface area contributed by atoms with Gasteiger partial charge in [0.05, 0.1) is 18.8 Å². The number of carbonyl (C=O) groups excluding carboxylic acids is 1. The first-order chi connectivity index (χ1) is 11.2. The molecule has 1 aliphatic rings. The summed E-state index contributed by atoms with van der Waals surface area (Å²) in [5.41, 5.74) is 1.46. The quantitative estimate of drug-likeness (QED) is 0.872. The molecule has 2 aromatic carbocycles. The van der Waals surface area contributed by atoms with Crippen molar-refractivity contribution in [1.29, 1.82) is 0 Å². The summed E-state index contributed by atoms with van der Waals surface area (Å²) in [6, 6.07) is 10.2. The Morgan fingerprint density at radius 2 is 1.96 bits per heavy atom. The summed E-state index contributed by atoms with van der Waals surface area (Å²) in [5, 5.41) is 3.13. The monoisotopic (exact) mass is 315 g/mol. The molecule has 0 aromatic heterocycles. The van der Waals surface area contributed by atoms with E-state index < -0.39 is 5.82 Å². The molecule has 0 saturated carbocycles. The Morgan fingerprint density at radius 3 is 2.78 bits per heavy atom. The lowest BCUT2D eigenvalue weighted by Crippen LogP contribution is -2.08. The number of hydrogen-bond acceptors (Lipinski definition) is 4. The zero-order chi connectivity index (χ0) is 16.2. The molecule has 1 aliphatic heterocycles. The van der Waals surface area contributed by atoms with E-state index >= 15 is 0 Å². The smallest absolute Gasteiger partial charge is 0.166 e. The van der Waals surface area contributed by atoms with Gasteiger partial charge in [0, 0.05) is 24.2 Å². The van der Waals surface area contributed by atoms with Crippen LogP contribution in [0.15, 0.2) is 36.4 Å². The first kappa shape index (κ1) is 15.3. The van der Waals surface area contributed by atoms with Gasteiger partial charge in [-0.1, -0.05) is 18.2 Å². The van der Waals surface area contributed by atoms with Gasteiger partial charge in [-0.2, -0.15) is 0 Å². The van der Waals surface area contributed by atoms with Gasteiger partial charge < -0.3 is 14.8 Å². The summed E-state index contributed by atoms with van der Waals surface area (Å²) in [4.78, 5) is 11.7. The minimum atomic E-state index is -0.519. The Balaban J connectivity index is 1.85. The zero-order valence-electron chi connectivity index (χ0n) is 12.9. The van der Waals surface area contributed by atoms with Gasteiger partial charge in [-0.05, 0) is 25.1 Å². The maximum Gasteiger partial charge on any atom is 0.166 e. The molecule has 23 heavy (non-hydrogen) atoms. The molecule has 0 spiro atoms. The number of Topliss-reactive ketones (excluding diaryl/α,β-unsaturated/α-hetero) is 1. The molecular formula is C18H18FNO3. The van der Waals surface area contributed by atoms with E-state index in [0.29, 0.717) is 36.9 Å². The minimum Gasteiger partial charge on any atom is -0.490 e. The van der Waals surface area contributed by atoms with Crippen LogP contribution in [0.3, 0.4) is 0 Å². The molecule has 5 heteroatoms.